The van der Waals surface area contributed by atoms with E-state index in [9.17, 15) is 9.90 Å². The molecule has 98 valence electrons. The minimum Gasteiger partial charge on any atom is -0.388 e. The Morgan fingerprint density at radius 3 is 3.00 bits per heavy atom. The number of nitrogens with zero attached hydrogens (tertiary/aromatic N) is 2. The zero-order chi connectivity index (χ0) is 13.2. The molecule has 5 heteroatoms. The molecule has 2 heterocycles. The van der Waals surface area contributed by atoms with E-state index in [-0.39, 0.29) is 11.6 Å². The summed E-state index contributed by atoms with van der Waals surface area (Å²) in [5.41, 5.74) is 1.82. The van der Waals surface area contributed by atoms with Crippen molar-refractivity contribution in [1.29, 1.82) is 0 Å². The van der Waals surface area contributed by atoms with Crippen molar-refractivity contribution >= 4 is 11.6 Å². The third kappa shape index (κ3) is 2.13. The molecule has 5 nitrogen and oxygen atoms in total. The van der Waals surface area contributed by atoms with E-state index in [1.54, 1.807) is 11.0 Å². The van der Waals surface area contributed by atoms with E-state index in [4.69, 9.17) is 4.52 Å². The molecule has 1 aliphatic rings. The van der Waals surface area contributed by atoms with E-state index >= 15 is 0 Å². The topological polar surface area (TPSA) is 66.6 Å². The van der Waals surface area contributed by atoms with Crippen molar-refractivity contribution in [3.63, 3.8) is 0 Å². The summed E-state index contributed by atoms with van der Waals surface area (Å²) in [5.74, 6) is -0.199. The van der Waals surface area contributed by atoms with Gasteiger partial charge in [-0.1, -0.05) is 23.4 Å². The zero-order valence-corrected chi connectivity index (χ0v) is 10.3. The molecule has 1 N–H and O–H groups in total. The number of hydrogen-bond acceptors (Lipinski definition) is 4. The van der Waals surface area contributed by atoms with Crippen molar-refractivity contribution in [2.24, 2.45) is 0 Å². The van der Waals surface area contributed by atoms with E-state index in [1.807, 2.05) is 24.3 Å². The van der Waals surface area contributed by atoms with Gasteiger partial charge in [-0.25, -0.2) is 0 Å². The van der Waals surface area contributed by atoms with Crippen LogP contribution in [0.2, 0.25) is 0 Å². The molecule has 1 unspecified atom stereocenters. The molecular weight excluding hydrogens is 244 g/mol. The van der Waals surface area contributed by atoms with Gasteiger partial charge in [0.05, 0.1) is 6.10 Å². The summed E-state index contributed by atoms with van der Waals surface area (Å²) in [7, 11) is 0. The smallest absolute Gasteiger partial charge is 0.280 e. The summed E-state index contributed by atoms with van der Waals surface area (Å²) in [5, 5.41) is 13.8. The summed E-state index contributed by atoms with van der Waals surface area (Å²) in [6.07, 6.45) is 2.26. The number of aliphatic hydroxyl groups is 1. The van der Waals surface area contributed by atoms with Crippen LogP contribution in [0.5, 0.6) is 0 Å². The van der Waals surface area contributed by atoms with Gasteiger partial charge in [-0.05, 0) is 18.9 Å². The first-order valence-electron chi connectivity index (χ1n) is 6.26. The Morgan fingerprint density at radius 1 is 1.37 bits per heavy atom. The Hall–Kier alpha value is -2.14. The largest absolute Gasteiger partial charge is 0.388 e. The standard InChI is InChI=1S/C14H14N2O3/c17-13-6-3-8-16(12-5-2-1-4-10(12)13)14(18)11-7-9-19-15-11/h1-2,4-5,7,9,13,17H,3,6,8H2. The molecule has 0 radical (unpaired) electrons. The highest BCUT2D eigenvalue weighted by atomic mass is 16.5. The number of para-hydroxylation sites is 1. The normalized spacial score (nSPS) is 18.8. The molecule has 0 spiro atoms. The lowest BCUT2D eigenvalue weighted by atomic mass is 10.0. The summed E-state index contributed by atoms with van der Waals surface area (Å²) in [4.78, 5) is 14.1. The highest BCUT2D eigenvalue weighted by Crippen LogP contribution is 2.33. The van der Waals surface area contributed by atoms with E-state index in [2.05, 4.69) is 5.16 Å². The molecular formula is C14H14N2O3. The number of benzene rings is 1. The maximum atomic E-state index is 12.4. The number of hydrogen-bond donors (Lipinski definition) is 1. The van der Waals surface area contributed by atoms with Crippen molar-refractivity contribution in [3.8, 4) is 0 Å². The molecule has 1 atom stereocenters. The van der Waals surface area contributed by atoms with Crippen LogP contribution in [0.4, 0.5) is 5.69 Å². The first-order valence-corrected chi connectivity index (χ1v) is 6.26. The Balaban J connectivity index is 2.02. The van der Waals surface area contributed by atoms with Crippen molar-refractivity contribution in [1.82, 2.24) is 5.16 Å². The van der Waals surface area contributed by atoms with E-state index in [0.29, 0.717) is 13.0 Å². The maximum Gasteiger partial charge on any atom is 0.280 e. The third-order valence-corrected chi connectivity index (χ3v) is 3.35. The van der Waals surface area contributed by atoms with Crippen LogP contribution in [0, 0.1) is 0 Å². The number of aromatic nitrogens is 1. The van der Waals surface area contributed by atoms with Crippen LogP contribution in [0.1, 0.15) is 35.0 Å². The predicted molar refractivity (Wildman–Crippen MR) is 68.8 cm³/mol. The van der Waals surface area contributed by atoms with E-state index in [1.165, 1.54) is 6.26 Å². The Labute approximate surface area is 110 Å². The highest BCUT2D eigenvalue weighted by Gasteiger charge is 2.26. The fourth-order valence-corrected chi connectivity index (χ4v) is 2.41. The average molecular weight is 258 g/mol. The molecule has 1 aliphatic heterocycles. The van der Waals surface area contributed by atoms with Crippen LogP contribution < -0.4 is 4.90 Å². The number of rotatable bonds is 1. The van der Waals surface area contributed by atoms with Crippen LogP contribution in [0.15, 0.2) is 41.1 Å². The second-order valence-corrected chi connectivity index (χ2v) is 4.56. The SMILES string of the molecule is O=C(c1ccon1)N1CCCC(O)c2ccccc21. The monoisotopic (exact) mass is 258 g/mol. The second kappa shape index (κ2) is 4.85. The van der Waals surface area contributed by atoms with E-state index < -0.39 is 6.10 Å². The second-order valence-electron chi connectivity index (χ2n) is 4.56. The van der Waals surface area contributed by atoms with Crippen molar-refractivity contribution in [2.45, 2.75) is 18.9 Å². The van der Waals surface area contributed by atoms with Gasteiger partial charge in [0.15, 0.2) is 5.69 Å². The van der Waals surface area contributed by atoms with Gasteiger partial charge in [-0.2, -0.15) is 0 Å². The summed E-state index contributed by atoms with van der Waals surface area (Å²) in [6, 6.07) is 8.98. The van der Waals surface area contributed by atoms with Gasteiger partial charge in [0.1, 0.15) is 6.26 Å². The van der Waals surface area contributed by atoms with Crippen LogP contribution >= 0.6 is 0 Å². The fourth-order valence-electron chi connectivity index (χ4n) is 2.41. The summed E-state index contributed by atoms with van der Waals surface area (Å²) < 4.78 is 4.72. The minimum atomic E-state index is -0.522. The third-order valence-electron chi connectivity index (χ3n) is 3.35. The molecule has 3 rings (SSSR count). The molecule has 0 aliphatic carbocycles. The quantitative estimate of drug-likeness (QED) is 0.851. The van der Waals surface area contributed by atoms with E-state index in [0.717, 1.165) is 17.7 Å². The van der Waals surface area contributed by atoms with Crippen LogP contribution in [0.3, 0.4) is 0 Å². The molecule has 2 aromatic rings. The average Bonchev–Trinajstić information content (AvgIpc) is 2.91. The van der Waals surface area contributed by atoms with Gasteiger partial charge in [0.2, 0.25) is 0 Å². The zero-order valence-electron chi connectivity index (χ0n) is 10.3. The first-order chi connectivity index (χ1) is 9.27. The number of fused-ring (bicyclic) bond motifs is 1. The fraction of sp³-hybridized carbons (Fsp3) is 0.286. The molecule has 19 heavy (non-hydrogen) atoms. The predicted octanol–water partition coefficient (Wildman–Crippen LogP) is 2.15. The maximum absolute atomic E-state index is 12.4. The number of amides is 1. The van der Waals surface area contributed by atoms with Gasteiger partial charge in [0, 0.05) is 23.9 Å². The van der Waals surface area contributed by atoms with Crippen molar-refractivity contribution in [2.75, 3.05) is 11.4 Å². The lowest BCUT2D eigenvalue weighted by Crippen LogP contribution is -2.32. The van der Waals surface area contributed by atoms with Gasteiger partial charge < -0.3 is 14.5 Å². The molecule has 1 aromatic carbocycles. The van der Waals surface area contributed by atoms with Crippen molar-refractivity contribution in [3.05, 3.63) is 47.9 Å². The first kappa shape index (κ1) is 11.9. The molecule has 1 aromatic heterocycles. The van der Waals surface area contributed by atoms with Gasteiger partial charge in [-0.3, -0.25) is 4.79 Å². The van der Waals surface area contributed by atoms with Crippen molar-refractivity contribution < 1.29 is 14.4 Å². The van der Waals surface area contributed by atoms with Crippen LogP contribution in [0.25, 0.3) is 0 Å². The number of carbonyl (C=O) groups excluding carboxylic acids is 1. The van der Waals surface area contributed by atoms with Gasteiger partial charge >= 0.3 is 0 Å². The number of anilines is 1. The molecule has 0 saturated heterocycles. The molecule has 0 bridgehead atoms. The summed E-state index contributed by atoms with van der Waals surface area (Å²) in [6.45, 7) is 0.569. The lowest BCUT2D eigenvalue weighted by Gasteiger charge is -2.22. The Bertz CT molecular complexity index is 580. The Morgan fingerprint density at radius 2 is 2.21 bits per heavy atom. The van der Waals surface area contributed by atoms with Gasteiger partial charge in [0.25, 0.3) is 5.91 Å². The molecule has 1 amide bonds. The molecule has 0 fully saturated rings. The lowest BCUT2D eigenvalue weighted by molar-refractivity contribution is 0.0978. The number of aliphatic hydroxyl groups excluding tert-OH is 1. The van der Waals surface area contributed by atoms with Crippen LogP contribution in [-0.4, -0.2) is 22.7 Å². The van der Waals surface area contributed by atoms with Gasteiger partial charge in [-0.15, -0.1) is 0 Å². The minimum absolute atomic E-state index is 0.199. The summed E-state index contributed by atoms with van der Waals surface area (Å²) >= 11 is 0. The van der Waals surface area contributed by atoms with Crippen LogP contribution in [-0.2, 0) is 0 Å². The highest BCUT2D eigenvalue weighted by molar-refractivity contribution is 6.05. The Kier molecular flexibility index (Phi) is 3.05. The number of carbonyl (C=O) groups is 1. The molecule has 0 saturated carbocycles.